The minimum absolute atomic E-state index is 0.124. The molecule has 1 fully saturated rings. The van der Waals surface area contributed by atoms with E-state index in [0.717, 1.165) is 29.8 Å². The molecule has 0 aromatic heterocycles. The van der Waals surface area contributed by atoms with Gasteiger partial charge in [-0.1, -0.05) is 0 Å². The van der Waals surface area contributed by atoms with E-state index < -0.39 is 0 Å². The second-order valence-corrected chi connectivity index (χ2v) is 5.23. The van der Waals surface area contributed by atoms with Crippen molar-refractivity contribution in [3.05, 3.63) is 23.8 Å². The van der Waals surface area contributed by atoms with Gasteiger partial charge in [0.2, 0.25) is 5.91 Å². The summed E-state index contributed by atoms with van der Waals surface area (Å²) in [6.07, 6.45) is 1.81. The zero-order valence-electron chi connectivity index (χ0n) is 11.9. The molecular weight excluding hydrogens is 240 g/mol. The molecule has 0 spiro atoms. The van der Waals surface area contributed by atoms with Gasteiger partial charge in [0.15, 0.2) is 0 Å². The van der Waals surface area contributed by atoms with Crippen LogP contribution in [0.3, 0.4) is 0 Å². The normalized spacial score (nSPS) is 16.0. The van der Waals surface area contributed by atoms with Gasteiger partial charge in [0.1, 0.15) is 5.75 Å². The highest BCUT2D eigenvalue weighted by molar-refractivity contribution is 5.99. The molecule has 104 valence electrons. The van der Waals surface area contributed by atoms with Gasteiger partial charge in [-0.15, -0.1) is 0 Å². The maximum Gasteiger partial charge on any atom is 0.234 e. The zero-order chi connectivity index (χ0) is 14.0. The third-order valence-electron chi connectivity index (χ3n) is 3.85. The van der Waals surface area contributed by atoms with E-state index >= 15 is 0 Å². The van der Waals surface area contributed by atoms with Gasteiger partial charge in [0, 0.05) is 19.3 Å². The molecule has 0 atom stereocenters. The zero-order valence-corrected chi connectivity index (χ0v) is 11.9. The molecule has 2 rings (SSSR count). The number of carbonyl (C=O) groups excluding carboxylic acids is 1. The SMILES string of the molecule is CCOc1ccc(N(C)C(=O)C2(CN)CC2)cc1C. The quantitative estimate of drug-likeness (QED) is 0.884. The Morgan fingerprint density at radius 2 is 2.16 bits per heavy atom. The summed E-state index contributed by atoms with van der Waals surface area (Å²) < 4.78 is 5.51. The summed E-state index contributed by atoms with van der Waals surface area (Å²) in [5, 5.41) is 0. The summed E-state index contributed by atoms with van der Waals surface area (Å²) in [7, 11) is 1.81. The van der Waals surface area contributed by atoms with Crippen molar-refractivity contribution < 1.29 is 9.53 Å². The van der Waals surface area contributed by atoms with Crippen molar-refractivity contribution in [3.8, 4) is 5.75 Å². The van der Waals surface area contributed by atoms with Crippen LogP contribution in [-0.4, -0.2) is 26.1 Å². The lowest BCUT2D eigenvalue weighted by atomic mass is 10.1. The van der Waals surface area contributed by atoms with E-state index in [2.05, 4.69) is 0 Å². The lowest BCUT2D eigenvalue weighted by molar-refractivity contribution is -0.123. The Kier molecular flexibility index (Phi) is 3.80. The molecule has 0 radical (unpaired) electrons. The summed E-state index contributed by atoms with van der Waals surface area (Å²) in [5.41, 5.74) is 7.34. The minimum Gasteiger partial charge on any atom is -0.494 e. The first-order valence-corrected chi connectivity index (χ1v) is 6.76. The molecule has 0 unspecified atom stereocenters. The number of hydrogen-bond donors (Lipinski definition) is 1. The Hall–Kier alpha value is -1.55. The largest absolute Gasteiger partial charge is 0.494 e. The lowest BCUT2D eigenvalue weighted by Gasteiger charge is -2.23. The molecule has 1 aromatic rings. The van der Waals surface area contributed by atoms with Gasteiger partial charge in [-0.2, -0.15) is 0 Å². The summed E-state index contributed by atoms with van der Waals surface area (Å²) in [6, 6.07) is 5.82. The van der Waals surface area contributed by atoms with Crippen LogP contribution in [0.2, 0.25) is 0 Å². The van der Waals surface area contributed by atoms with Crippen molar-refractivity contribution in [1.82, 2.24) is 0 Å². The van der Waals surface area contributed by atoms with E-state index in [9.17, 15) is 4.79 Å². The fraction of sp³-hybridized carbons (Fsp3) is 0.533. The number of nitrogens with zero attached hydrogens (tertiary/aromatic N) is 1. The van der Waals surface area contributed by atoms with E-state index in [1.54, 1.807) is 4.90 Å². The van der Waals surface area contributed by atoms with Crippen molar-refractivity contribution in [1.29, 1.82) is 0 Å². The number of hydrogen-bond acceptors (Lipinski definition) is 3. The van der Waals surface area contributed by atoms with Crippen LogP contribution >= 0.6 is 0 Å². The molecule has 1 aliphatic carbocycles. The van der Waals surface area contributed by atoms with Crippen LogP contribution in [0.4, 0.5) is 5.69 Å². The van der Waals surface area contributed by atoms with E-state index in [-0.39, 0.29) is 11.3 Å². The summed E-state index contributed by atoms with van der Waals surface area (Å²) in [5.74, 6) is 0.991. The van der Waals surface area contributed by atoms with Gasteiger partial charge in [-0.05, 0) is 50.5 Å². The molecule has 0 bridgehead atoms. The van der Waals surface area contributed by atoms with E-state index in [0.29, 0.717) is 13.2 Å². The van der Waals surface area contributed by atoms with E-state index in [4.69, 9.17) is 10.5 Å². The third-order valence-corrected chi connectivity index (χ3v) is 3.85. The molecule has 1 amide bonds. The van der Waals surface area contributed by atoms with Crippen molar-refractivity contribution in [3.63, 3.8) is 0 Å². The van der Waals surface area contributed by atoms with Crippen molar-refractivity contribution >= 4 is 11.6 Å². The molecule has 4 nitrogen and oxygen atoms in total. The number of amides is 1. The van der Waals surface area contributed by atoms with Gasteiger partial charge < -0.3 is 15.4 Å². The molecule has 0 aliphatic heterocycles. The average Bonchev–Trinajstić information content (AvgIpc) is 3.20. The van der Waals surface area contributed by atoms with Crippen molar-refractivity contribution in [2.24, 2.45) is 11.1 Å². The summed E-state index contributed by atoms with van der Waals surface area (Å²) in [6.45, 7) is 5.03. The first-order valence-electron chi connectivity index (χ1n) is 6.76. The fourth-order valence-electron chi connectivity index (χ4n) is 2.29. The van der Waals surface area contributed by atoms with Gasteiger partial charge in [-0.3, -0.25) is 4.79 Å². The number of benzene rings is 1. The molecule has 2 N–H and O–H groups in total. The topological polar surface area (TPSA) is 55.6 Å². The second kappa shape index (κ2) is 5.21. The molecular formula is C15H22N2O2. The Bertz CT molecular complexity index is 481. The highest BCUT2D eigenvalue weighted by Crippen LogP contribution is 2.46. The average molecular weight is 262 g/mol. The van der Waals surface area contributed by atoms with Crippen LogP contribution in [0.1, 0.15) is 25.3 Å². The molecule has 19 heavy (non-hydrogen) atoms. The smallest absolute Gasteiger partial charge is 0.234 e. The van der Waals surface area contributed by atoms with Crippen molar-refractivity contribution in [2.75, 3.05) is 25.1 Å². The van der Waals surface area contributed by atoms with Crippen molar-refractivity contribution in [2.45, 2.75) is 26.7 Å². The van der Waals surface area contributed by atoms with Gasteiger partial charge in [0.25, 0.3) is 0 Å². The Morgan fingerprint density at radius 1 is 1.47 bits per heavy atom. The van der Waals surface area contributed by atoms with E-state index in [1.165, 1.54) is 0 Å². The van der Waals surface area contributed by atoms with Gasteiger partial charge >= 0.3 is 0 Å². The maximum atomic E-state index is 12.4. The number of aryl methyl sites for hydroxylation is 1. The number of rotatable bonds is 5. The number of anilines is 1. The number of carbonyl (C=O) groups is 1. The van der Waals surface area contributed by atoms with Crippen LogP contribution in [0.25, 0.3) is 0 Å². The van der Waals surface area contributed by atoms with Crippen LogP contribution in [0, 0.1) is 12.3 Å². The predicted molar refractivity (Wildman–Crippen MR) is 76.5 cm³/mol. The summed E-state index contributed by atoms with van der Waals surface area (Å²) in [4.78, 5) is 14.1. The maximum absolute atomic E-state index is 12.4. The summed E-state index contributed by atoms with van der Waals surface area (Å²) >= 11 is 0. The first-order chi connectivity index (χ1) is 9.04. The Morgan fingerprint density at radius 3 is 2.63 bits per heavy atom. The standard InChI is InChI=1S/C15H22N2O2/c1-4-19-13-6-5-12(9-11(13)2)17(3)14(18)15(10-16)7-8-15/h5-6,9H,4,7-8,10,16H2,1-3H3. The first kappa shape index (κ1) is 13.9. The monoisotopic (exact) mass is 262 g/mol. The molecule has 0 saturated heterocycles. The molecule has 0 heterocycles. The molecule has 4 heteroatoms. The van der Waals surface area contributed by atoms with Gasteiger partial charge in [-0.25, -0.2) is 0 Å². The van der Waals surface area contributed by atoms with Crippen LogP contribution in [0.5, 0.6) is 5.75 Å². The number of nitrogens with two attached hydrogens (primary N) is 1. The minimum atomic E-state index is -0.304. The van der Waals surface area contributed by atoms with Crippen LogP contribution in [0.15, 0.2) is 18.2 Å². The second-order valence-electron chi connectivity index (χ2n) is 5.23. The third kappa shape index (κ3) is 2.59. The van der Waals surface area contributed by atoms with Crippen LogP contribution in [-0.2, 0) is 4.79 Å². The highest BCUT2D eigenvalue weighted by atomic mass is 16.5. The Balaban J connectivity index is 2.18. The Labute approximate surface area is 114 Å². The van der Waals surface area contributed by atoms with Crippen LogP contribution < -0.4 is 15.4 Å². The molecule has 1 aliphatic rings. The van der Waals surface area contributed by atoms with E-state index in [1.807, 2.05) is 39.1 Å². The van der Waals surface area contributed by atoms with Gasteiger partial charge in [0.05, 0.1) is 12.0 Å². The fourth-order valence-corrected chi connectivity index (χ4v) is 2.29. The predicted octanol–water partition coefficient (Wildman–Crippen LogP) is 2.10. The number of ether oxygens (including phenoxy) is 1. The molecule has 1 saturated carbocycles. The highest BCUT2D eigenvalue weighted by Gasteiger charge is 2.50. The lowest BCUT2D eigenvalue weighted by Crippen LogP contribution is -2.38. The molecule has 1 aromatic carbocycles.